The Hall–Kier alpha value is -0.250. The molecule has 4 heteroatoms. The van der Waals surface area contributed by atoms with Crippen molar-refractivity contribution < 1.29 is 18.3 Å². The number of aliphatic hydroxyl groups excluding tert-OH is 1. The van der Waals surface area contributed by atoms with Crippen LogP contribution in [0.2, 0.25) is 0 Å². The summed E-state index contributed by atoms with van der Waals surface area (Å²) < 4.78 is 34.3. The highest BCUT2D eigenvalue weighted by molar-refractivity contribution is 4.67. The van der Waals surface area contributed by atoms with E-state index in [1.54, 1.807) is 0 Å². The van der Waals surface area contributed by atoms with Gasteiger partial charge in [-0.05, 0) is 5.92 Å². The van der Waals surface area contributed by atoms with Gasteiger partial charge < -0.3 is 5.11 Å². The van der Waals surface area contributed by atoms with Crippen LogP contribution in [0.5, 0.6) is 0 Å². The van der Waals surface area contributed by atoms with E-state index < -0.39 is 18.2 Å². The minimum Gasteiger partial charge on any atom is -0.383 e. The molecule has 0 amide bonds. The van der Waals surface area contributed by atoms with Crippen molar-refractivity contribution >= 4 is 0 Å². The molecule has 70 valence electrons. The molecule has 0 aromatic carbocycles. The van der Waals surface area contributed by atoms with E-state index in [1.807, 2.05) is 13.8 Å². The summed E-state index contributed by atoms with van der Waals surface area (Å²) in [7, 11) is 0. The smallest absolute Gasteiger partial charge is 0.383 e. The SMILES string of the molecule is CC.CC(C)C(O)C(F)(F)F. The first kappa shape index (κ1) is 13.3. The molecular formula is C7H15F3O. The van der Waals surface area contributed by atoms with Crippen molar-refractivity contribution in [3.05, 3.63) is 0 Å². The zero-order chi connectivity index (χ0) is 9.65. The zero-order valence-electron chi connectivity index (χ0n) is 7.24. The van der Waals surface area contributed by atoms with Gasteiger partial charge in [-0.25, -0.2) is 0 Å². The molecule has 0 aromatic rings. The Labute approximate surface area is 65.2 Å². The molecule has 0 rings (SSSR count). The van der Waals surface area contributed by atoms with Crippen LogP contribution in [0.15, 0.2) is 0 Å². The van der Waals surface area contributed by atoms with Gasteiger partial charge in [0.15, 0.2) is 6.10 Å². The van der Waals surface area contributed by atoms with E-state index in [-0.39, 0.29) is 0 Å². The molecule has 0 aliphatic rings. The average Bonchev–Trinajstić information content (AvgIpc) is 1.89. The van der Waals surface area contributed by atoms with E-state index >= 15 is 0 Å². The van der Waals surface area contributed by atoms with Crippen molar-refractivity contribution in [2.24, 2.45) is 5.92 Å². The second-order valence-corrected chi connectivity index (χ2v) is 2.23. The summed E-state index contributed by atoms with van der Waals surface area (Å²) in [5.74, 6) is -0.759. The normalized spacial score (nSPS) is 13.9. The minimum atomic E-state index is -4.46. The lowest BCUT2D eigenvalue weighted by Crippen LogP contribution is -2.33. The lowest BCUT2D eigenvalue weighted by atomic mass is 10.1. The molecule has 0 saturated heterocycles. The fraction of sp³-hybridized carbons (Fsp3) is 1.00. The molecule has 0 radical (unpaired) electrons. The molecule has 1 atom stereocenters. The fourth-order valence-corrected chi connectivity index (χ4v) is 0.378. The molecule has 1 N–H and O–H groups in total. The van der Waals surface area contributed by atoms with Crippen LogP contribution < -0.4 is 0 Å². The largest absolute Gasteiger partial charge is 0.414 e. The van der Waals surface area contributed by atoms with E-state index in [0.717, 1.165) is 0 Å². The van der Waals surface area contributed by atoms with Crippen LogP contribution in [0.3, 0.4) is 0 Å². The molecule has 0 aliphatic carbocycles. The summed E-state index contributed by atoms with van der Waals surface area (Å²) in [6, 6.07) is 0. The van der Waals surface area contributed by atoms with Crippen molar-refractivity contribution in [3.63, 3.8) is 0 Å². The van der Waals surface area contributed by atoms with Crippen molar-refractivity contribution in [3.8, 4) is 0 Å². The summed E-state index contributed by atoms with van der Waals surface area (Å²) >= 11 is 0. The van der Waals surface area contributed by atoms with Gasteiger partial charge in [0.1, 0.15) is 0 Å². The van der Waals surface area contributed by atoms with Crippen LogP contribution in [-0.4, -0.2) is 17.4 Å². The lowest BCUT2D eigenvalue weighted by molar-refractivity contribution is -0.215. The summed E-state index contributed by atoms with van der Waals surface area (Å²) in [4.78, 5) is 0. The van der Waals surface area contributed by atoms with Crippen LogP contribution in [-0.2, 0) is 0 Å². The molecule has 0 saturated carbocycles. The number of rotatable bonds is 1. The quantitative estimate of drug-likeness (QED) is 0.644. The minimum absolute atomic E-state index is 0.759. The standard InChI is InChI=1S/C5H9F3O.C2H6/c1-3(2)4(9)5(6,7)8;1-2/h3-4,9H,1-2H3;1-2H3. The maximum absolute atomic E-state index is 11.4. The third kappa shape index (κ3) is 6.16. The third-order valence-corrected chi connectivity index (χ3v) is 0.967. The van der Waals surface area contributed by atoms with Crippen LogP contribution in [0.1, 0.15) is 27.7 Å². The summed E-state index contributed by atoms with van der Waals surface area (Å²) in [5.41, 5.74) is 0. The average molecular weight is 172 g/mol. The molecule has 0 aliphatic heterocycles. The molecule has 0 bridgehead atoms. The first-order chi connectivity index (χ1) is 4.85. The summed E-state index contributed by atoms with van der Waals surface area (Å²) in [5, 5.41) is 8.34. The Morgan fingerprint density at radius 3 is 1.36 bits per heavy atom. The highest BCUT2D eigenvalue weighted by Gasteiger charge is 2.39. The molecular weight excluding hydrogens is 157 g/mol. The van der Waals surface area contributed by atoms with Crippen LogP contribution >= 0.6 is 0 Å². The Balaban J connectivity index is 0. The van der Waals surface area contributed by atoms with Crippen molar-refractivity contribution in [2.45, 2.75) is 40.0 Å². The molecule has 0 aromatic heterocycles. The first-order valence-electron chi connectivity index (χ1n) is 3.60. The van der Waals surface area contributed by atoms with Gasteiger partial charge in [0.2, 0.25) is 0 Å². The second kappa shape index (κ2) is 5.41. The van der Waals surface area contributed by atoms with Gasteiger partial charge in [-0.2, -0.15) is 13.2 Å². The van der Waals surface area contributed by atoms with Gasteiger partial charge in [-0.1, -0.05) is 27.7 Å². The second-order valence-electron chi connectivity index (χ2n) is 2.23. The van der Waals surface area contributed by atoms with Gasteiger partial charge in [-0.3, -0.25) is 0 Å². The molecule has 0 spiro atoms. The predicted octanol–water partition coefficient (Wildman–Crippen LogP) is 2.59. The summed E-state index contributed by atoms with van der Waals surface area (Å²) in [6.07, 6.45) is -6.65. The maximum Gasteiger partial charge on any atom is 0.414 e. The highest BCUT2D eigenvalue weighted by atomic mass is 19.4. The van der Waals surface area contributed by atoms with E-state index in [9.17, 15) is 13.2 Å². The predicted molar refractivity (Wildman–Crippen MR) is 38.2 cm³/mol. The van der Waals surface area contributed by atoms with Crippen molar-refractivity contribution in [1.82, 2.24) is 0 Å². The topological polar surface area (TPSA) is 20.2 Å². The Kier molecular flexibility index (Phi) is 6.56. The molecule has 1 unspecified atom stereocenters. The number of halogens is 3. The van der Waals surface area contributed by atoms with Crippen LogP contribution in [0.25, 0.3) is 0 Å². The number of aliphatic hydroxyl groups is 1. The molecule has 0 fully saturated rings. The highest BCUT2D eigenvalue weighted by Crippen LogP contribution is 2.24. The van der Waals surface area contributed by atoms with Crippen LogP contribution in [0, 0.1) is 5.92 Å². The van der Waals surface area contributed by atoms with Gasteiger partial charge in [0, 0.05) is 0 Å². The first-order valence-corrected chi connectivity index (χ1v) is 3.60. The van der Waals surface area contributed by atoms with Crippen molar-refractivity contribution in [1.29, 1.82) is 0 Å². The molecule has 11 heavy (non-hydrogen) atoms. The fourth-order valence-electron chi connectivity index (χ4n) is 0.378. The van der Waals surface area contributed by atoms with Crippen LogP contribution in [0.4, 0.5) is 13.2 Å². The number of hydrogen-bond donors (Lipinski definition) is 1. The van der Waals surface area contributed by atoms with Gasteiger partial charge in [0.25, 0.3) is 0 Å². The Morgan fingerprint density at radius 2 is 1.36 bits per heavy atom. The number of alkyl halides is 3. The lowest BCUT2D eigenvalue weighted by Gasteiger charge is -2.16. The van der Waals surface area contributed by atoms with Gasteiger partial charge >= 0.3 is 6.18 Å². The van der Waals surface area contributed by atoms with E-state index in [2.05, 4.69) is 0 Å². The Bertz CT molecular complexity index is 88.2. The zero-order valence-corrected chi connectivity index (χ0v) is 7.24. The number of hydrogen-bond acceptors (Lipinski definition) is 1. The van der Waals surface area contributed by atoms with Gasteiger partial charge in [0.05, 0.1) is 0 Å². The van der Waals surface area contributed by atoms with E-state index in [1.165, 1.54) is 13.8 Å². The maximum atomic E-state index is 11.4. The van der Waals surface area contributed by atoms with E-state index in [0.29, 0.717) is 0 Å². The van der Waals surface area contributed by atoms with Gasteiger partial charge in [-0.15, -0.1) is 0 Å². The monoisotopic (exact) mass is 172 g/mol. The summed E-state index contributed by atoms with van der Waals surface area (Å²) in [6.45, 7) is 6.64. The van der Waals surface area contributed by atoms with Crippen molar-refractivity contribution in [2.75, 3.05) is 0 Å². The third-order valence-electron chi connectivity index (χ3n) is 0.967. The van der Waals surface area contributed by atoms with E-state index in [4.69, 9.17) is 5.11 Å². The molecule has 0 heterocycles. The molecule has 1 nitrogen and oxygen atoms in total. The Morgan fingerprint density at radius 1 is 1.09 bits per heavy atom.